The fourth-order valence-electron chi connectivity index (χ4n) is 3.03. The average molecular weight is 461 g/mol. The molecule has 0 bridgehead atoms. The van der Waals surface area contributed by atoms with E-state index in [2.05, 4.69) is 9.97 Å². The predicted octanol–water partition coefficient (Wildman–Crippen LogP) is 5.04. The predicted molar refractivity (Wildman–Crippen MR) is 114 cm³/mol. The second-order valence-electron chi connectivity index (χ2n) is 6.87. The molecule has 3 aromatic rings. The first kappa shape index (κ1) is 21.9. The third kappa shape index (κ3) is 4.96. The summed E-state index contributed by atoms with van der Waals surface area (Å²) in [6.45, 7) is 0.0585. The van der Waals surface area contributed by atoms with Crippen LogP contribution in [-0.2, 0) is 11.0 Å². The highest BCUT2D eigenvalue weighted by molar-refractivity contribution is 7.99. The van der Waals surface area contributed by atoms with Gasteiger partial charge in [-0.05, 0) is 36.4 Å². The van der Waals surface area contributed by atoms with Gasteiger partial charge in [0.05, 0.1) is 5.69 Å². The molecule has 0 spiro atoms. The van der Waals surface area contributed by atoms with Crippen molar-refractivity contribution < 1.29 is 27.4 Å². The maximum absolute atomic E-state index is 13.4. The molecule has 1 aromatic heterocycles. The molecule has 1 amide bonds. The number of nitrogens with zero attached hydrogens (tertiary/aromatic N) is 3. The monoisotopic (exact) mass is 461 g/mol. The number of anilines is 1. The van der Waals surface area contributed by atoms with Gasteiger partial charge in [-0.25, -0.2) is 9.97 Å². The fraction of sp³-hybridized carbons (Fsp3) is 0.227. The third-order valence-electron chi connectivity index (χ3n) is 4.73. The largest absolute Gasteiger partial charge is 0.454 e. The number of para-hydroxylation sites is 1. The van der Waals surface area contributed by atoms with Crippen molar-refractivity contribution in [2.75, 3.05) is 24.5 Å². The molecule has 0 atom stereocenters. The normalized spacial score (nSPS) is 12.6. The Hall–Kier alpha value is -3.27. The molecular formula is C22H18F3N3O3S. The first-order valence-corrected chi connectivity index (χ1v) is 10.6. The van der Waals surface area contributed by atoms with Gasteiger partial charge in [0, 0.05) is 30.5 Å². The van der Waals surface area contributed by atoms with Gasteiger partial charge in [-0.1, -0.05) is 30.0 Å². The van der Waals surface area contributed by atoms with Crippen LogP contribution in [0.3, 0.4) is 0 Å². The van der Waals surface area contributed by atoms with Gasteiger partial charge in [0.2, 0.25) is 12.7 Å². The lowest BCUT2D eigenvalue weighted by molar-refractivity contribution is -0.141. The van der Waals surface area contributed by atoms with E-state index in [0.29, 0.717) is 17.1 Å². The van der Waals surface area contributed by atoms with Crippen LogP contribution >= 0.6 is 11.8 Å². The van der Waals surface area contributed by atoms with Crippen LogP contribution < -0.4 is 14.4 Å². The van der Waals surface area contributed by atoms with Crippen molar-refractivity contribution in [3.05, 3.63) is 60.3 Å². The minimum atomic E-state index is -4.63. The number of aromatic nitrogens is 2. The highest BCUT2D eigenvalue weighted by Crippen LogP contribution is 2.37. The Morgan fingerprint density at radius 3 is 2.56 bits per heavy atom. The molecule has 0 radical (unpaired) electrons. The van der Waals surface area contributed by atoms with Crippen LogP contribution in [0, 0.1) is 0 Å². The van der Waals surface area contributed by atoms with Gasteiger partial charge >= 0.3 is 6.18 Å². The van der Waals surface area contributed by atoms with Crippen molar-refractivity contribution in [1.29, 1.82) is 0 Å². The molecule has 0 saturated heterocycles. The van der Waals surface area contributed by atoms with Crippen molar-refractivity contribution in [2.24, 2.45) is 0 Å². The molecule has 4 rings (SSSR count). The molecular weight excluding hydrogens is 443 g/mol. The molecule has 0 N–H and O–H groups in total. The number of alkyl halides is 3. The number of carbonyl (C=O) groups is 1. The van der Waals surface area contributed by atoms with Gasteiger partial charge in [-0.3, -0.25) is 4.79 Å². The van der Waals surface area contributed by atoms with Gasteiger partial charge in [0.15, 0.2) is 16.7 Å². The smallest absolute Gasteiger partial charge is 0.433 e. The van der Waals surface area contributed by atoms with E-state index in [-0.39, 0.29) is 35.7 Å². The number of fused-ring (bicyclic) bond motifs is 1. The van der Waals surface area contributed by atoms with E-state index in [0.717, 1.165) is 23.5 Å². The third-order valence-corrected chi connectivity index (χ3v) is 5.58. The summed E-state index contributed by atoms with van der Waals surface area (Å²) < 4.78 is 50.8. The minimum Gasteiger partial charge on any atom is -0.454 e. The molecule has 2 heterocycles. The lowest BCUT2D eigenvalue weighted by atomic mass is 10.1. The topological polar surface area (TPSA) is 64.6 Å². The summed E-state index contributed by atoms with van der Waals surface area (Å²) in [7, 11) is 1.65. The highest BCUT2D eigenvalue weighted by Gasteiger charge is 2.34. The summed E-state index contributed by atoms with van der Waals surface area (Å²) >= 11 is 1.00. The van der Waals surface area contributed by atoms with Crippen molar-refractivity contribution >= 4 is 23.4 Å². The molecule has 0 saturated carbocycles. The second-order valence-corrected chi connectivity index (χ2v) is 7.94. The van der Waals surface area contributed by atoms with Crippen LogP contribution in [0.1, 0.15) is 12.1 Å². The molecule has 32 heavy (non-hydrogen) atoms. The number of benzene rings is 2. The lowest BCUT2D eigenvalue weighted by Crippen LogP contribution is -2.26. The van der Waals surface area contributed by atoms with Crippen molar-refractivity contribution in [3.63, 3.8) is 0 Å². The average Bonchev–Trinajstić information content (AvgIpc) is 3.26. The molecule has 6 nitrogen and oxygen atoms in total. The summed E-state index contributed by atoms with van der Waals surface area (Å²) in [5.74, 6) is 1.04. The Morgan fingerprint density at radius 2 is 1.81 bits per heavy atom. The number of halogens is 3. The number of hydrogen-bond donors (Lipinski definition) is 0. The minimum absolute atomic E-state index is 0.0531. The lowest BCUT2D eigenvalue weighted by Gasteiger charge is -2.17. The van der Waals surface area contributed by atoms with Crippen molar-refractivity contribution in [1.82, 2.24) is 9.97 Å². The van der Waals surface area contributed by atoms with Gasteiger partial charge < -0.3 is 14.4 Å². The van der Waals surface area contributed by atoms with E-state index in [1.54, 1.807) is 37.4 Å². The van der Waals surface area contributed by atoms with E-state index in [1.165, 1.54) is 4.90 Å². The number of carbonyl (C=O) groups excluding carboxylic acids is 1. The quantitative estimate of drug-likeness (QED) is 0.379. The van der Waals surface area contributed by atoms with E-state index >= 15 is 0 Å². The van der Waals surface area contributed by atoms with Gasteiger partial charge in [-0.15, -0.1) is 0 Å². The van der Waals surface area contributed by atoms with Gasteiger partial charge in [0.1, 0.15) is 5.69 Å². The van der Waals surface area contributed by atoms with Crippen LogP contribution in [-0.4, -0.2) is 35.5 Å². The highest BCUT2D eigenvalue weighted by atomic mass is 32.2. The zero-order valence-electron chi connectivity index (χ0n) is 16.9. The summed E-state index contributed by atoms with van der Waals surface area (Å²) in [6.07, 6.45) is -4.51. The van der Waals surface area contributed by atoms with Crippen LogP contribution in [0.25, 0.3) is 11.3 Å². The number of amides is 1. The maximum atomic E-state index is 13.4. The van der Waals surface area contributed by atoms with E-state index in [4.69, 9.17) is 9.47 Å². The molecule has 0 unspecified atom stereocenters. The fourth-order valence-corrected chi connectivity index (χ4v) is 3.82. The van der Waals surface area contributed by atoms with E-state index in [1.807, 2.05) is 18.2 Å². The Kier molecular flexibility index (Phi) is 6.22. The summed E-state index contributed by atoms with van der Waals surface area (Å²) in [6, 6.07) is 14.8. The second kappa shape index (κ2) is 9.07. The summed E-state index contributed by atoms with van der Waals surface area (Å²) in [5, 5.41) is -0.0531. The number of thioether (sulfide) groups is 1. The van der Waals surface area contributed by atoms with E-state index in [9.17, 15) is 18.0 Å². The first-order valence-electron chi connectivity index (χ1n) is 9.62. The zero-order chi connectivity index (χ0) is 22.7. The Bertz CT molecular complexity index is 1130. The molecule has 166 valence electrons. The SMILES string of the molecule is CN(C(=O)CCSc1nc(-c2ccc3c(c2)OCO3)cc(C(F)(F)F)n1)c1ccccc1. The standard InChI is InChI=1S/C22H18F3N3O3S/c1-28(15-5-3-2-4-6-15)20(29)9-10-32-21-26-16(12-19(27-21)22(23,24)25)14-7-8-17-18(11-14)31-13-30-17/h2-8,11-12H,9-10,13H2,1H3. The molecule has 2 aromatic carbocycles. The molecule has 0 fully saturated rings. The number of rotatable bonds is 6. The molecule has 0 aliphatic carbocycles. The maximum Gasteiger partial charge on any atom is 0.433 e. The van der Waals surface area contributed by atoms with Crippen LogP contribution in [0.15, 0.2) is 59.8 Å². The molecule has 1 aliphatic heterocycles. The van der Waals surface area contributed by atoms with Crippen molar-refractivity contribution in [2.45, 2.75) is 17.8 Å². The van der Waals surface area contributed by atoms with Gasteiger partial charge in [-0.2, -0.15) is 13.2 Å². The molecule has 1 aliphatic rings. The Labute approximate surface area is 186 Å². The van der Waals surface area contributed by atoms with Crippen LogP contribution in [0.2, 0.25) is 0 Å². The van der Waals surface area contributed by atoms with Gasteiger partial charge in [0.25, 0.3) is 0 Å². The summed E-state index contributed by atoms with van der Waals surface area (Å²) in [4.78, 5) is 21.8. The van der Waals surface area contributed by atoms with Crippen LogP contribution in [0.4, 0.5) is 18.9 Å². The van der Waals surface area contributed by atoms with E-state index < -0.39 is 11.9 Å². The Balaban J connectivity index is 1.51. The molecule has 10 heteroatoms. The number of hydrogen-bond acceptors (Lipinski definition) is 6. The number of ether oxygens (including phenoxy) is 2. The summed E-state index contributed by atoms with van der Waals surface area (Å²) in [5.41, 5.74) is 0.253. The first-order chi connectivity index (χ1) is 15.3. The van der Waals surface area contributed by atoms with Crippen molar-refractivity contribution in [3.8, 4) is 22.8 Å². The Morgan fingerprint density at radius 1 is 1.06 bits per heavy atom. The zero-order valence-corrected chi connectivity index (χ0v) is 17.7. The van der Waals surface area contributed by atoms with Crippen LogP contribution in [0.5, 0.6) is 11.5 Å².